The molecule has 0 aromatic rings. The molecule has 0 heterocycles. The first kappa shape index (κ1) is 20.8. The molecule has 1 saturated carbocycles. The van der Waals surface area contributed by atoms with Crippen LogP contribution >= 0.6 is 0 Å². The standard InChI is InChI=1S/C15H24N2O8/c1-9-2-3-10(16(5-12(18)19)6-13(20)21)11(4-9)17(7-14(22)23)8-15(24)25/h9-11H,2-8H2,1H3,(H,18,19)(H,20,21)(H,22,23)(H,24,25). The fourth-order valence-electron chi connectivity index (χ4n) is 3.43. The van der Waals surface area contributed by atoms with Gasteiger partial charge in [-0.1, -0.05) is 6.92 Å². The zero-order valence-corrected chi connectivity index (χ0v) is 14.0. The summed E-state index contributed by atoms with van der Waals surface area (Å²) in [6.07, 6.45) is 1.67. The van der Waals surface area contributed by atoms with Gasteiger partial charge in [0, 0.05) is 12.1 Å². The first-order valence-electron chi connectivity index (χ1n) is 7.95. The quantitative estimate of drug-likeness (QED) is 0.400. The lowest BCUT2D eigenvalue weighted by molar-refractivity contribution is -0.149. The maximum atomic E-state index is 11.1. The minimum Gasteiger partial charge on any atom is -0.480 e. The van der Waals surface area contributed by atoms with Crippen molar-refractivity contribution in [3.8, 4) is 0 Å². The lowest BCUT2D eigenvalue weighted by atomic mass is 9.81. The zero-order valence-electron chi connectivity index (χ0n) is 14.0. The van der Waals surface area contributed by atoms with E-state index in [-0.39, 0.29) is 5.92 Å². The molecule has 1 aliphatic rings. The van der Waals surface area contributed by atoms with Gasteiger partial charge in [-0.3, -0.25) is 29.0 Å². The topological polar surface area (TPSA) is 156 Å². The fraction of sp³-hybridized carbons (Fsp3) is 0.733. The maximum Gasteiger partial charge on any atom is 0.317 e. The highest BCUT2D eigenvalue weighted by Gasteiger charge is 2.39. The van der Waals surface area contributed by atoms with E-state index in [4.69, 9.17) is 20.4 Å². The van der Waals surface area contributed by atoms with Crippen LogP contribution in [0.3, 0.4) is 0 Å². The summed E-state index contributed by atoms with van der Waals surface area (Å²) in [6, 6.07) is -1.09. The van der Waals surface area contributed by atoms with Crippen LogP contribution in [0.25, 0.3) is 0 Å². The minimum atomic E-state index is -1.19. The van der Waals surface area contributed by atoms with Gasteiger partial charge in [0.2, 0.25) is 0 Å². The van der Waals surface area contributed by atoms with E-state index in [9.17, 15) is 19.2 Å². The summed E-state index contributed by atoms with van der Waals surface area (Å²) in [5.74, 6) is -4.58. The van der Waals surface area contributed by atoms with Crippen LogP contribution in [0.4, 0.5) is 0 Å². The van der Waals surface area contributed by atoms with Gasteiger partial charge in [0.1, 0.15) is 0 Å². The Bertz CT molecular complexity index is 492. The van der Waals surface area contributed by atoms with E-state index in [1.165, 1.54) is 9.80 Å². The second-order valence-corrected chi connectivity index (χ2v) is 6.44. The Morgan fingerprint density at radius 3 is 1.44 bits per heavy atom. The van der Waals surface area contributed by atoms with E-state index in [0.29, 0.717) is 12.8 Å². The van der Waals surface area contributed by atoms with Gasteiger partial charge in [0.05, 0.1) is 26.2 Å². The second kappa shape index (κ2) is 9.33. The molecule has 4 N–H and O–H groups in total. The molecule has 0 spiro atoms. The monoisotopic (exact) mass is 360 g/mol. The number of carboxylic acids is 4. The summed E-state index contributed by atoms with van der Waals surface area (Å²) in [6.45, 7) is -0.0737. The number of hydrogen-bond donors (Lipinski definition) is 4. The van der Waals surface area contributed by atoms with Crippen molar-refractivity contribution in [2.45, 2.75) is 38.3 Å². The summed E-state index contributed by atoms with van der Waals surface area (Å²) in [5, 5.41) is 36.3. The third kappa shape index (κ3) is 7.06. The second-order valence-electron chi connectivity index (χ2n) is 6.44. The molecule has 1 aliphatic carbocycles. The van der Waals surface area contributed by atoms with Crippen LogP contribution in [0.2, 0.25) is 0 Å². The molecule has 3 unspecified atom stereocenters. The average Bonchev–Trinajstić information content (AvgIpc) is 2.43. The smallest absolute Gasteiger partial charge is 0.317 e. The first-order valence-corrected chi connectivity index (χ1v) is 7.95. The molecule has 142 valence electrons. The Balaban J connectivity index is 3.11. The van der Waals surface area contributed by atoms with Gasteiger partial charge >= 0.3 is 23.9 Å². The highest BCUT2D eigenvalue weighted by atomic mass is 16.4. The van der Waals surface area contributed by atoms with Gasteiger partial charge in [-0.25, -0.2) is 0 Å². The van der Waals surface area contributed by atoms with Gasteiger partial charge in [-0.2, -0.15) is 0 Å². The highest BCUT2D eigenvalue weighted by molar-refractivity contribution is 5.73. The molecular weight excluding hydrogens is 336 g/mol. The molecule has 0 aliphatic heterocycles. The van der Waals surface area contributed by atoms with Crippen molar-refractivity contribution < 1.29 is 39.6 Å². The third-order valence-corrected chi connectivity index (χ3v) is 4.33. The van der Waals surface area contributed by atoms with Crippen molar-refractivity contribution in [3.05, 3.63) is 0 Å². The van der Waals surface area contributed by atoms with Gasteiger partial charge < -0.3 is 20.4 Å². The van der Waals surface area contributed by atoms with E-state index in [0.717, 1.165) is 6.42 Å². The third-order valence-electron chi connectivity index (χ3n) is 4.33. The van der Waals surface area contributed by atoms with Crippen LogP contribution < -0.4 is 0 Å². The largest absolute Gasteiger partial charge is 0.480 e. The molecule has 1 rings (SSSR count). The summed E-state index contributed by atoms with van der Waals surface area (Å²) in [5.41, 5.74) is 0. The zero-order chi connectivity index (χ0) is 19.1. The van der Waals surface area contributed by atoms with Crippen LogP contribution in [-0.2, 0) is 19.2 Å². The Hall–Kier alpha value is -2.20. The number of carbonyl (C=O) groups is 4. The summed E-state index contributed by atoms with van der Waals surface area (Å²) >= 11 is 0. The summed E-state index contributed by atoms with van der Waals surface area (Å²) < 4.78 is 0. The molecule has 10 heteroatoms. The molecule has 1 fully saturated rings. The van der Waals surface area contributed by atoms with Gasteiger partial charge in [0.15, 0.2) is 0 Å². The van der Waals surface area contributed by atoms with E-state index in [1.54, 1.807) is 0 Å². The number of hydrogen-bond acceptors (Lipinski definition) is 6. The Kier molecular flexibility index (Phi) is 7.78. The number of rotatable bonds is 10. The van der Waals surface area contributed by atoms with Crippen molar-refractivity contribution >= 4 is 23.9 Å². The molecule has 0 saturated heterocycles. The Labute approximate surface area is 144 Å². The SMILES string of the molecule is CC1CCC(N(CC(=O)O)CC(=O)O)C(N(CC(=O)O)CC(=O)O)C1. The van der Waals surface area contributed by atoms with Crippen LogP contribution in [-0.4, -0.2) is 92.4 Å². The van der Waals surface area contributed by atoms with Crippen molar-refractivity contribution in [3.63, 3.8) is 0 Å². The van der Waals surface area contributed by atoms with E-state index >= 15 is 0 Å². The van der Waals surface area contributed by atoms with E-state index in [1.807, 2.05) is 6.92 Å². The molecule has 25 heavy (non-hydrogen) atoms. The minimum absolute atomic E-state index is 0.197. The number of nitrogens with zero attached hydrogens (tertiary/aromatic N) is 2. The van der Waals surface area contributed by atoms with Crippen LogP contribution in [0.15, 0.2) is 0 Å². The van der Waals surface area contributed by atoms with Crippen molar-refractivity contribution in [2.24, 2.45) is 5.92 Å². The van der Waals surface area contributed by atoms with Crippen molar-refractivity contribution in [1.82, 2.24) is 9.80 Å². The van der Waals surface area contributed by atoms with Gasteiger partial charge in [-0.05, 0) is 25.2 Å². The number of carboxylic acid groups (broad SMARTS) is 4. The van der Waals surface area contributed by atoms with Gasteiger partial charge in [0.25, 0.3) is 0 Å². The molecule has 0 amide bonds. The lowest BCUT2D eigenvalue weighted by Crippen LogP contribution is -2.58. The molecule has 3 atom stereocenters. The predicted molar refractivity (Wildman–Crippen MR) is 84.3 cm³/mol. The summed E-state index contributed by atoms with van der Waals surface area (Å²) in [4.78, 5) is 47.0. The van der Waals surface area contributed by atoms with E-state index in [2.05, 4.69) is 0 Å². The molecular formula is C15H24N2O8. The van der Waals surface area contributed by atoms with Crippen molar-refractivity contribution in [1.29, 1.82) is 0 Å². The molecule has 0 bridgehead atoms. The molecule has 0 aromatic carbocycles. The van der Waals surface area contributed by atoms with Crippen LogP contribution in [0.5, 0.6) is 0 Å². The Morgan fingerprint density at radius 1 is 0.720 bits per heavy atom. The highest BCUT2D eigenvalue weighted by Crippen LogP contribution is 2.31. The molecule has 10 nitrogen and oxygen atoms in total. The van der Waals surface area contributed by atoms with Crippen LogP contribution in [0, 0.1) is 5.92 Å². The summed E-state index contributed by atoms with van der Waals surface area (Å²) in [7, 11) is 0. The lowest BCUT2D eigenvalue weighted by Gasteiger charge is -2.45. The first-order chi connectivity index (χ1) is 11.6. The Morgan fingerprint density at radius 2 is 1.08 bits per heavy atom. The average molecular weight is 360 g/mol. The van der Waals surface area contributed by atoms with Crippen molar-refractivity contribution in [2.75, 3.05) is 26.2 Å². The molecule has 0 radical (unpaired) electrons. The number of aliphatic carboxylic acids is 4. The van der Waals surface area contributed by atoms with Gasteiger partial charge in [-0.15, -0.1) is 0 Å². The van der Waals surface area contributed by atoms with E-state index < -0.39 is 62.1 Å². The van der Waals surface area contributed by atoms with Crippen LogP contribution in [0.1, 0.15) is 26.2 Å². The normalized spacial score (nSPS) is 23.6. The predicted octanol–water partition coefficient (Wildman–Crippen LogP) is -0.514. The maximum absolute atomic E-state index is 11.1. The molecule has 0 aromatic heterocycles. The fourth-order valence-corrected chi connectivity index (χ4v) is 3.43.